The summed E-state index contributed by atoms with van der Waals surface area (Å²) in [7, 11) is -3.82. The van der Waals surface area contributed by atoms with E-state index in [1.807, 2.05) is 0 Å². The van der Waals surface area contributed by atoms with Gasteiger partial charge in [-0.1, -0.05) is 17.7 Å². The molecule has 0 spiro atoms. The van der Waals surface area contributed by atoms with Crippen molar-refractivity contribution in [3.8, 4) is 5.69 Å². The number of halogens is 2. The van der Waals surface area contributed by atoms with Gasteiger partial charge in [-0.2, -0.15) is 10.1 Å². The van der Waals surface area contributed by atoms with Crippen molar-refractivity contribution in [1.29, 1.82) is 0 Å². The van der Waals surface area contributed by atoms with E-state index in [-0.39, 0.29) is 51.0 Å². The molecular weight excluding hydrogens is 487 g/mol. The van der Waals surface area contributed by atoms with Gasteiger partial charge in [0.15, 0.2) is 11.6 Å². The minimum Gasteiger partial charge on any atom is -0.368 e. The highest BCUT2D eigenvalue weighted by Gasteiger charge is 2.41. The highest BCUT2D eigenvalue weighted by molar-refractivity contribution is 7.90. The van der Waals surface area contributed by atoms with Gasteiger partial charge in [0.2, 0.25) is 16.0 Å². The molecule has 3 N–H and O–H groups in total. The Hall–Kier alpha value is -3.55. The number of aromatic nitrogens is 5. The van der Waals surface area contributed by atoms with Crippen LogP contribution in [0.25, 0.3) is 11.2 Å². The molecule has 0 aliphatic carbocycles. The van der Waals surface area contributed by atoms with Gasteiger partial charge in [-0.15, -0.1) is 0 Å². The smallest absolute Gasteiger partial charge is 0.284 e. The normalized spacial score (nSPS) is 18.8. The Balaban J connectivity index is 1.58. The van der Waals surface area contributed by atoms with Crippen LogP contribution in [0, 0.1) is 5.82 Å². The molecule has 0 saturated carbocycles. The Morgan fingerprint density at radius 2 is 2.06 bits per heavy atom. The molecule has 5 heterocycles. The van der Waals surface area contributed by atoms with E-state index in [2.05, 4.69) is 19.8 Å². The Morgan fingerprint density at radius 1 is 1.24 bits per heavy atom. The van der Waals surface area contributed by atoms with Crippen molar-refractivity contribution in [1.82, 2.24) is 28.9 Å². The summed E-state index contributed by atoms with van der Waals surface area (Å²) in [6, 6.07) is 6.55. The number of sulfonamides is 1. The summed E-state index contributed by atoms with van der Waals surface area (Å²) >= 11 is 6.22. The van der Waals surface area contributed by atoms with Gasteiger partial charge < -0.3 is 10.6 Å². The number of nitrogen functional groups attached to an aromatic ring is 1. The zero-order valence-electron chi connectivity index (χ0n) is 17.3. The van der Waals surface area contributed by atoms with Crippen LogP contribution in [-0.4, -0.2) is 39.1 Å². The largest absolute Gasteiger partial charge is 0.368 e. The van der Waals surface area contributed by atoms with Crippen LogP contribution in [0.1, 0.15) is 24.0 Å². The maximum absolute atomic E-state index is 14.1. The lowest BCUT2D eigenvalue weighted by molar-refractivity contribution is 0.419. The number of nitrogens with zero attached hydrogens (tertiary/aromatic N) is 6. The van der Waals surface area contributed by atoms with Crippen LogP contribution in [-0.2, 0) is 16.6 Å². The maximum atomic E-state index is 14.1. The lowest BCUT2D eigenvalue weighted by Crippen LogP contribution is -2.46. The average molecular weight is 503 g/mol. The average Bonchev–Trinajstić information content (AvgIpc) is 3.26. The first kappa shape index (κ1) is 21.0. The van der Waals surface area contributed by atoms with E-state index in [1.165, 1.54) is 27.3 Å². The monoisotopic (exact) mass is 502 g/mol. The number of benzene rings is 1. The number of hydrogen-bond donors (Lipinski definition) is 2. The Kier molecular flexibility index (Phi) is 4.46. The van der Waals surface area contributed by atoms with E-state index in [0.717, 1.165) is 0 Å². The van der Waals surface area contributed by atoms with Gasteiger partial charge in [0, 0.05) is 12.7 Å². The third-order valence-corrected chi connectivity index (χ3v) is 7.74. The molecule has 2 aliphatic rings. The fourth-order valence-electron chi connectivity index (χ4n) is 4.36. The standard InChI is InChI=1S/C20H16ClFN8O3S/c21-12-4-7-29-15(12)19(31)30(11-3-1-2-10(22)8-11)17(27-29)14-5-6-28(14)18-16-13(25-20(23)26-18)9-24-34(16,32)33/h1-4,7-8,14,24H,5-6,9H2,(H2,23,25,26). The third kappa shape index (κ3) is 3.01. The molecule has 11 nitrogen and oxygen atoms in total. The van der Waals surface area contributed by atoms with Crippen molar-refractivity contribution in [2.75, 3.05) is 17.2 Å². The fourth-order valence-corrected chi connectivity index (χ4v) is 5.89. The molecule has 3 aromatic heterocycles. The molecule has 0 bridgehead atoms. The summed E-state index contributed by atoms with van der Waals surface area (Å²) in [5.74, 6) is -0.188. The van der Waals surface area contributed by atoms with Gasteiger partial charge in [0.05, 0.1) is 29.0 Å². The van der Waals surface area contributed by atoms with Gasteiger partial charge >= 0.3 is 0 Å². The minimum absolute atomic E-state index is 0.00989. The first-order valence-electron chi connectivity index (χ1n) is 10.2. The second kappa shape index (κ2) is 7.22. The summed E-state index contributed by atoms with van der Waals surface area (Å²) < 4.78 is 44.4. The van der Waals surface area contributed by atoms with Gasteiger partial charge in [-0.05, 0) is 30.7 Å². The predicted octanol–water partition coefficient (Wildman–Crippen LogP) is 1.39. The van der Waals surface area contributed by atoms with E-state index >= 15 is 0 Å². The minimum atomic E-state index is -3.82. The molecule has 34 heavy (non-hydrogen) atoms. The zero-order chi connectivity index (χ0) is 23.8. The van der Waals surface area contributed by atoms with Crippen LogP contribution in [0.5, 0.6) is 0 Å². The Labute approximate surface area is 196 Å². The topological polar surface area (TPSA) is 141 Å². The molecule has 2 aliphatic heterocycles. The van der Waals surface area contributed by atoms with Gasteiger partial charge in [0.25, 0.3) is 5.56 Å². The number of nitrogens with two attached hydrogens (primary N) is 1. The van der Waals surface area contributed by atoms with E-state index in [1.54, 1.807) is 23.2 Å². The van der Waals surface area contributed by atoms with Crippen molar-refractivity contribution in [2.24, 2.45) is 0 Å². The molecule has 174 valence electrons. The van der Waals surface area contributed by atoms with Crippen LogP contribution >= 0.6 is 11.6 Å². The van der Waals surface area contributed by atoms with E-state index < -0.39 is 27.4 Å². The highest BCUT2D eigenvalue weighted by atomic mass is 35.5. The molecule has 0 amide bonds. The molecular formula is C20H16ClFN8O3S. The first-order chi connectivity index (χ1) is 16.2. The Bertz CT molecular complexity index is 1670. The van der Waals surface area contributed by atoms with Gasteiger partial charge in [-0.25, -0.2) is 27.0 Å². The number of anilines is 2. The lowest BCUT2D eigenvalue weighted by atomic mass is 10.0. The Morgan fingerprint density at radius 3 is 2.79 bits per heavy atom. The predicted molar refractivity (Wildman–Crippen MR) is 121 cm³/mol. The molecule has 1 aromatic carbocycles. The number of hydrogen-bond acceptors (Lipinski definition) is 8. The van der Waals surface area contributed by atoms with Crippen molar-refractivity contribution in [2.45, 2.75) is 23.9 Å². The van der Waals surface area contributed by atoms with Gasteiger partial charge in [0.1, 0.15) is 16.2 Å². The van der Waals surface area contributed by atoms with E-state index in [0.29, 0.717) is 13.0 Å². The van der Waals surface area contributed by atoms with Crippen molar-refractivity contribution >= 4 is 38.9 Å². The summed E-state index contributed by atoms with van der Waals surface area (Å²) in [6.07, 6.45) is 2.09. The molecule has 6 rings (SSSR count). The number of rotatable bonds is 3. The third-order valence-electron chi connectivity index (χ3n) is 5.95. The zero-order valence-corrected chi connectivity index (χ0v) is 18.9. The second-order valence-corrected chi connectivity index (χ2v) is 10.1. The van der Waals surface area contributed by atoms with Crippen molar-refractivity contribution in [3.63, 3.8) is 0 Å². The quantitative estimate of drug-likeness (QED) is 0.428. The maximum Gasteiger partial charge on any atom is 0.284 e. The number of nitrogens with one attached hydrogen (secondary N) is 1. The molecule has 1 unspecified atom stereocenters. The first-order valence-corrected chi connectivity index (χ1v) is 12.1. The second-order valence-electron chi connectivity index (χ2n) is 7.94. The molecule has 1 atom stereocenters. The molecule has 0 radical (unpaired) electrons. The van der Waals surface area contributed by atoms with Crippen LogP contribution in [0.2, 0.25) is 5.02 Å². The summed E-state index contributed by atoms with van der Waals surface area (Å²) in [4.78, 5) is 23.4. The SMILES string of the molecule is Nc1nc2c(c(N3CCC3c3nn4ccc(Cl)c4c(=O)n3-c3cccc(F)c3)n1)S(=O)(=O)NC2. The van der Waals surface area contributed by atoms with Crippen LogP contribution in [0.4, 0.5) is 16.2 Å². The fraction of sp³-hybridized carbons (Fsp3) is 0.200. The van der Waals surface area contributed by atoms with E-state index in [4.69, 9.17) is 17.3 Å². The summed E-state index contributed by atoms with van der Waals surface area (Å²) in [5, 5.41) is 4.81. The molecule has 1 fully saturated rings. The lowest BCUT2D eigenvalue weighted by Gasteiger charge is -2.42. The van der Waals surface area contributed by atoms with Crippen LogP contribution < -0.4 is 20.9 Å². The van der Waals surface area contributed by atoms with Crippen molar-refractivity contribution in [3.05, 3.63) is 69.2 Å². The van der Waals surface area contributed by atoms with Crippen LogP contribution in [0.15, 0.2) is 46.2 Å². The van der Waals surface area contributed by atoms with Crippen LogP contribution in [0.3, 0.4) is 0 Å². The summed E-state index contributed by atoms with van der Waals surface area (Å²) in [5.41, 5.74) is 6.05. The van der Waals surface area contributed by atoms with Crippen molar-refractivity contribution < 1.29 is 12.8 Å². The van der Waals surface area contributed by atoms with Gasteiger partial charge in [-0.3, -0.25) is 9.36 Å². The molecule has 14 heteroatoms. The summed E-state index contributed by atoms with van der Waals surface area (Å²) in [6.45, 7) is 0.447. The highest BCUT2D eigenvalue weighted by Crippen LogP contribution is 2.41. The molecule has 4 aromatic rings. The number of fused-ring (bicyclic) bond motifs is 2. The molecule has 1 saturated heterocycles. The van der Waals surface area contributed by atoms with E-state index in [9.17, 15) is 17.6 Å².